The number of pyridine rings is 1. The number of sulfone groups is 1. The highest BCUT2D eigenvalue weighted by Gasteiger charge is 2.28. The van der Waals surface area contributed by atoms with Crippen molar-refractivity contribution < 1.29 is 13.2 Å². The van der Waals surface area contributed by atoms with Crippen molar-refractivity contribution in [3.05, 3.63) is 83.2 Å². The minimum absolute atomic E-state index is 0.0343. The number of fused-ring (bicyclic) bond motifs is 1. The fourth-order valence-electron chi connectivity index (χ4n) is 3.46. The topological polar surface area (TPSA) is 80.2 Å². The van der Waals surface area contributed by atoms with Crippen LogP contribution in [0.5, 0.6) is 0 Å². The van der Waals surface area contributed by atoms with E-state index in [1.807, 2.05) is 44.2 Å². The third kappa shape index (κ3) is 4.16. The Hall–Kier alpha value is -3.10. The number of aryl methyl sites for hydroxylation is 2. The first-order valence-electron chi connectivity index (χ1n) is 10.2. The molecule has 0 radical (unpaired) electrons. The van der Waals surface area contributed by atoms with Gasteiger partial charge in [-0.3, -0.25) is 14.7 Å². The minimum atomic E-state index is -3.58. The second-order valence-electron chi connectivity index (χ2n) is 7.49. The number of anilines is 1. The largest absolute Gasteiger partial charge is 0.278 e. The number of carbonyl (C=O) groups is 1. The molecule has 0 spiro atoms. The molecule has 0 aliphatic heterocycles. The van der Waals surface area contributed by atoms with Crippen LogP contribution >= 0.6 is 11.3 Å². The third-order valence-corrected chi connectivity index (χ3v) is 8.29. The van der Waals surface area contributed by atoms with E-state index in [0.29, 0.717) is 10.8 Å². The van der Waals surface area contributed by atoms with Gasteiger partial charge in [0.25, 0.3) is 5.91 Å². The molecule has 0 aliphatic carbocycles. The van der Waals surface area contributed by atoms with Crippen LogP contribution in [-0.4, -0.2) is 30.0 Å². The Labute approximate surface area is 191 Å². The van der Waals surface area contributed by atoms with Crippen molar-refractivity contribution in [1.29, 1.82) is 0 Å². The second kappa shape index (κ2) is 8.80. The van der Waals surface area contributed by atoms with Gasteiger partial charge in [0.05, 0.1) is 38.7 Å². The zero-order valence-electron chi connectivity index (χ0n) is 18.1. The lowest BCUT2D eigenvalue weighted by Crippen LogP contribution is -2.32. The first-order chi connectivity index (χ1) is 15.3. The lowest BCUT2D eigenvalue weighted by Gasteiger charge is -2.21. The number of rotatable bonds is 6. The normalized spacial score (nSPS) is 11.6. The van der Waals surface area contributed by atoms with Crippen LogP contribution in [0.25, 0.3) is 10.2 Å². The predicted molar refractivity (Wildman–Crippen MR) is 128 cm³/mol. The van der Waals surface area contributed by atoms with Crippen molar-refractivity contribution >= 4 is 42.4 Å². The number of aromatic nitrogens is 2. The molecular formula is C24H23N3O3S2. The molecule has 0 atom stereocenters. The van der Waals surface area contributed by atoms with Gasteiger partial charge >= 0.3 is 0 Å². The van der Waals surface area contributed by atoms with Crippen LogP contribution in [0.4, 0.5) is 5.13 Å². The van der Waals surface area contributed by atoms with Crippen LogP contribution in [-0.2, 0) is 16.4 Å². The molecular weight excluding hydrogens is 442 g/mol. The third-order valence-electron chi connectivity index (χ3n) is 5.29. The molecule has 2 heterocycles. The Morgan fingerprint density at radius 1 is 1.00 bits per heavy atom. The molecule has 0 fully saturated rings. The zero-order chi connectivity index (χ0) is 22.9. The minimum Gasteiger partial charge on any atom is -0.278 e. The molecule has 32 heavy (non-hydrogen) atoms. The molecule has 0 aliphatic rings. The van der Waals surface area contributed by atoms with E-state index in [0.717, 1.165) is 21.3 Å². The maximum Gasteiger partial charge on any atom is 0.261 e. The lowest BCUT2D eigenvalue weighted by molar-refractivity contribution is 0.0981. The fraction of sp³-hybridized carbons (Fsp3) is 0.208. The first kappa shape index (κ1) is 22.1. The molecule has 4 aromatic rings. The molecule has 0 unspecified atom stereocenters. The van der Waals surface area contributed by atoms with Crippen molar-refractivity contribution in [2.45, 2.75) is 32.2 Å². The second-order valence-corrected chi connectivity index (χ2v) is 10.7. The summed E-state index contributed by atoms with van der Waals surface area (Å²) in [6.45, 7) is 5.75. The lowest BCUT2D eigenvalue weighted by atomic mass is 10.1. The van der Waals surface area contributed by atoms with E-state index in [9.17, 15) is 13.2 Å². The molecule has 164 valence electrons. The van der Waals surface area contributed by atoms with Crippen molar-refractivity contribution in [2.24, 2.45) is 0 Å². The molecule has 8 heteroatoms. The van der Waals surface area contributed by atoms with Crippen LogP contribution in [0.15, 0.2) is 65.7 Å². The van der Waals surface area contributed by atoms with Crippen LogP contribution in [0.1, 0.15) is 34.1 Å². The molecule has 0 N–H and O–H groups in total. The van der Waals surface area contributed by atoms with Gasteiger partial charge in [-0.15, -0.1) is 0 Å². The predicted octanol–water partition coefficient (Wildman–Crippen LogP) is 4.95. The number of hydrogen-bond acceptors (Lipinski definition) is 6. The quantitative estimate of drug-likeness (QED) is 0.403. The molecule has 0 saturated carbocycles. The Balaban J connectivity index is 1.88. The average molecular weight is 466 g/mol. The Kier molecular flexibility index (Phi) is 6.08. The van der Waals surface area contributed by atoms with Crippen LogP contribution in [0.3, 0.4) is 0 Å². The number of benzene rings is 2. The van der Waals surface area contributed by atoms with E-state index < -0.39 is 15.7 Å². The Morgan fingerprint density at radius 3 is 2.41 bits per heavy atom. The van der Waals surface area contributed by atoms with Gasteiger partial charge in [0.1, 0.15) is 0 Å². The van der Waals surface area contributed by atoms with E-state index in [1.54, 1.807) is 31.3 Å². The average Bonchev–Trinajstić information content (AvgIpc) is 3.27. The smallest absolute Gasteiger partial charge is 0.261 e. The molecule has 0 saturated heterocycles. The van der Waals surface area contributed by atoms with E-state index in [-0.39, 0.29) is 22.8 Å². The van der Waals surface area contributed by atoms with Crippen molar-refractivity contribution in [2.75, 3.05) is 10.7 Å². The van der Waals surface area contributed by atoms with Gasteiger partial charge in [-0.1, -0.05) is 48.6 Å². The summed E-state index contributed by atoms with van der Waals surface area (Å²) in [4.78, 5) is 24.5. The first-order valence-corrected chi connectivity index (χ1v) is 12.7. The van der Waals surface area contributed by atoms with Gasteiger partial charge in [0, 0.05) is 6.20 Å². The number of nitrogens with zero attached hydrogens (tertiary/aromatic N) is 3. The zero-order valence-corrected chi connectivity index (χ0v) is 19.7. The standard InChI is InChI=1S/C24H23N3O3S2/c1-4-32(29,30)20-11-6-5-10-19(20)23(28)27(15-18-9-7-8-14-25-18)24-26-21-16(2)12-13-17(3)22(21)31-24/h5-14H,4,15H2,1-3H3. The van der Waals surface area contributed by atoms with Crippen molar-refractivity contribution in [1.82, 2.24) is 9.97 Å². The number of hydrogen-bond donors (Lipinski definition) is 0. The highest BCUT2D eigenvalue weighted by atomic mass is 32.2. The summed E-state index contributed by atoms with van der Waals surface area (Å²) in [6.07, 6.45) is 1.67. The van der Waals surface area contributed by atoms with Gasteiger partial charge in [0.15, 0.2) is 15.0 Å². The number of thiazole rings is 1. The molecule has 1 amide bonds. The van der Waals surface area contributed by atoms with Crippen molar-refractivity contribution in [3.8, 4) is 0 Å². The summed E-state index contributed by atoms with van der Waals surface area (Å²) < 4.78 is 26.4. The SMILES string of the molecule is CCS(=O)(=O)c1ccccc1C(=O)N(Cc1ccccn1)c1nc2c(C)ccc(C)c2s1. The van der Waals surface area contributed by atoms with Crippen LogP contribution in [0.2, 0.25) is 0 Å². The number of carbonyl (C=O) groups excluding carboxylic acids is 1. The van der Waals surface area contributed by atoms with Gasteiger partial charge < -0.3 is 0 Å². The summed E-state index contributed by atoms with van der Waals surface area (Å²) in [6, 6.07) is 15.9. The van der Waals surface area contributed by atoms with Gasteiger partial charge in [0.2, 0.25) is 0 Å². The van der Waals surface area contributed by atoms with Crippen LogP contribution in [0, 0.1) is 13.8 Å². The molecule has 2 aromatic carbocycles. The van der Waals surface area contributed by atoms with E-state index in [2.05, 4.69) is 4.98 Å². The molecule has 2 aromatic heterocycles. The summed E-state index contributed by atoms with van der Waals surface area (Å²) in [7, 11) is -3.58. The number of amides is 1. The fourth-order valence-corrected chi connectivity index (χ4v) is 5.66. The van der Waals surface area contributed by atoms with Gasteiger partial charge in [-0.25, -0.2) is 13.4 Å². The highest BCUT2D eigenvalue weighted by molar-refractivity contribution is 7.91. The Bertz CT molecular complexity index is 1360. The molecule has 4 rings (SSSR count). The summed E-state index contributed by atoms with van der Waals surface area (Å²) in [5.74, 6) is -0.505. The summed E-state index contributed by atoms with van der Waals surface area (Å²) in [5, 5.41) is 0.511. The molecule has 0 bridgehead atoms. The highest BCUT2D eigenvalue weighted by Crippen LogP contribution is 2.35. The van der Waals surface area contributed by atoms with Gasteiger partial charge in [-0.05, 0) is 49.2 Å². The maximum atomic E-state index is 13.8. The van der Waals surface area contributed by atoms with Crippen LogP contribution < -0.4 is 4.90 Å². The monoisotopic (exact) mass is 465 g/mol. The summed E-state index contributed by atoms with van der Waals surface area (Å²) >= 11 is 1.42. The molecule has 6 nitrogen and oxygen atoms in total. The van der Waals surface area contributed by atoms with Crippen molar-refractivity contribution in [3.63, 3.8) is 0 Å². The summed E-state index contributed by atoms with van der Waals surface area (Å²) in [5.41, 5.74) is 3.77. The van der Waals surface area contributed by atoms with Gasteiger partial charge in [-0.2, -0.15) is 0 Å². The Morgan fingerprint density at radius 2 is 1.72 bits per heavy atom. The maximum absolute atomic E-state index is 13.8. The van der Waals surface area contributed by atoms with E-state index in [4.69, 9.17) is 4.98 Å². The van der Waals surface area contributed by atoms with E-state index in [1.165, 1.54) is 22.3 Å². The van der Waals surface area contributed by atoms with E-state index >= 15 is 0 Å².